The Balaban J connectivity index is 2.80. The minimum Gasteiger partial charge on any atom is -0.499 e. The molecule has 0 fully saturated rings. The van der Waals surface area contributed by atoms with E-state index in [0.717, 1.165) is 4.70 Å². The molecule has 0 radical (unpaired) electrons. The number of hydrogen-bond donors (Lipinski definition) is 3. The molecule has 1 aromatic carbocycles. The van der Waals surface area contributed by atoms with Gasteiger partial charge in [-0.3, -0.25) is 0 Å². The molecule has 2 N–H and O–H groups in total. The molecular weight excluding hydrogens is 220 g/mol. The summed E-state index contributed by atoms with van der Waals surface area (Å²) in [5.74, 6) is -1.01. The van der Waals surface area contributed by atoms with Crippen LogP contribution < -0.4 is 0 Å². The highest BCUT2D eigenvalue weighted by Gasteiger charge is 2.12. The van der Waals surface area contributed by atoms with Crippen molar-refractivity contribution in [2.75, 3.05) is 0 Å². The van der Waals surface area contributed by atoms with Crippen LogP contribution in [-0.2, 0) is 0 Å². The second kappa shape index (κ2) is 3.18. The number of hydrogen-bond acceptors (Lipinski definition) is 4. The van der Waals surface area contributed by atoms with Crippen LogP contribution in [0.3, 0.4) is 0 Å². The Morgan fingerprint density at radius 2 is 2.14 bits per heavy atom. The average molecular weight is 226 g/mol. The molecule has 0 aliphatic rings. The second-order valence-electron chi connectivity index (χ2n) is 2.76. The number of carbonyl (C=O) groups is 1. The van der Waals surface area contributed by atoms with Crippen molar-refractivity contribution >= 4 is 40.0 Å². The molecule has 5 heteroatoms. The first-order chi connectivity index (χ1) is 6.59. The first kappa shape index (κ1) is 9.36. The number of rotatable bonds is 1. The van der Waals surface area contributed by atoms with Crippen LogP contribution in [0.25, 0.3) is 10.1 Å². The number of carboxylic acids is 1. The molecule has 14 heavy (non-hydrogen) atoms. The van der Waals surface area contributed by atoms with Gasteiger partial charge in [0.15, 0.2) is 5.06 Å². The van der Waals surface area contributed by atoms with Crippen LogP contribution in [0.1, 0.15) is 10.4 Å². The molecule has 0 spiro atoms. The molecule has 0 aliphatic carbocycles. The Bertz CT molecular complexity index is 516. The maximum Gasteiger partial charge on any atom is 0.336 e. The molecule has 1 heterocycles. The number of carboxylic acid groups (broad SMARTS) is 1. The first-order valence-corrected chi connectivity index (χ1v) is 5.03. The van der Waals surface area contributed by atoms with E-state index < -0.39 is 5.97 Å². The van der Waals surface area contributed by atoms with Crippen molar-refractivity contribution in [3.63, 3.8) is 0 Å². The highest BCUT2D eigenvalue weighted by molar-refractivity contribution is 7.80. The van der Waals surface area contributed by atoms with Gasteiger partial charge in [0.2, 0.25) is 0 Å². The lowest BCUT2D eigenvalue weighted by molar-refractivity contribution is 0.0693. The van der Waals surface area contributed by atoms with Crippen molar-refractivity contribution in [3.05, 3.63) is 23.8 Å². The van der Waals surface area contributed by atoms with Crippen LogP contribution in [0.4, 0.5) is 0 Å². The molecule has 2 aromatic rings. The topological polar surface area (TPSA) is 57.5 Å². The van der Waals surface area contributed by atoms with Gasteiger partial charge in [-0.15, -0.1) is 12.6 Å². The van der Waals surface area contributed by atoms with E-state index in [-0.39, 0.29) is 10.6 Å². The van der Waals surface area contributed by atoms with Crippen LogP contribution in [0.15, 0.2) is 23.1 Å². The molecule has 0 saturated carbocycles. The normalized spacial score (nSPS) is 10.6. The standard InChI is InChI=1S/C9H6O3S2/c10-7-3-5-6(14-7)2-1-4(8(5)13)9(11)12/h1-3,10,13H,(H,11,12). The van der Waals surface area contributed by atoms with Crippen molar-refractivity contribution in [3.8, 4) is 5.06 Å². The maximum absolute atomic E-state index is 10.8. The predicted molar refractivity (Wildman–Crippen MR) is 57.7 cm³/mol. The van der Waals surface area contributed by atoms with E-state index in [1.54, 1.807) is 6.07 Å². The van der Waals surface area contributed by atoms with Gasteiger partial charge in [0.05, 0.1) is 5.56 Å². The van der Waals surface area contributed by atoms with Crippen molar-refractivity contribution in [2.24, 2.45) is 0 Å². The summed E-state index contributed by atoms with van der Waals surface area (Å²) in [5.41, 5.74) is 0.152. The largest absolute Gasteiger partial charge is 0.499 e. The molecule has 2 rings (SSSR count). The Morgan fingerprint density at radius 3 is 2.79 bits per heavy atom. The van der Waals surface area contributed by atoms with Crippen molar-refractivity contribution in [1.82, 2.24) is 0 Å². The third-order valence-electron chi connectivity index (χ3n) is 1.89. The number of aromatic carboxylic acids is 1. The summed E-state index contributed by atoms with van der Waals surface area (Å²) in [6.45, 7) is 0. The molecule has 72 valence electrons. The molecule has 0 atom stereocenters. The van der Waals surface area contributed by atoms with Crippen LogP contribution in [-0.4, -0.2) is 16.2 Å². The zero-order valence-electron chi connectivity index (χ0n) is 6.89. The first-order valence-electron chi connectivity index (χ1n) is 3.77. The SMILES string of the molecule is O=C(O)c1ccc2sc(O)cc2c1S. The van der Waals surface area contributed by atoms with Crippen LogP contribution in [0.5, 0.6) is 5.06 Å². The minimum absolute atomic E-state index is 0.152. The third-order valence-corrected chi connectivity index (χ3v) is 3.27. The molecule has 1 aromatic heterocycles. The van der Waals surface area contributed by atoms with E-state index in [0.29, 0.717) is 10.3 Å². The number of fused-ring (bicyclic) bond motifs is 1. The highest BCUT2D eigenvalue weighted by atomic mass is 32.1. The van der Waals surface area contributed by atoms with E-state index in [9.17, 15) is 9.90 Å². The lowest BCUT2D eigenvalue weighted by atomic mass is 10.1. The lowest BCUT2D eigenvalue weighted by Crippen LogP contribution is -1.97. The highest BCUT2D eigenvalue weighted by Crippen LogP contribution is 2.35. The molecule has 0 unspecified atom stereocenters. The quantitative estimate of drug-likeness (QED) is 0.655. The zero-order valence-corrected chi connectivity index (χ0v) is 8.60. The van der Waals surface area contributed by atoms with Gasteiger partial charge in [0.25, 0.3) is 0 Å². The summed E-state index contributed by atoms with van der Waals surface area (Å²) in [6, 6.07) is 4.68. The number of benzene rings is 1. The summed E-state index contributed by atoms with van der Waals surface area (Å²) in [6.07, 6.45) is 0. The monoisotopic (exact) mass is 226 g/mol. The zero-order chi connectivity index (χ0) is 10.3. The molecule has 0 saturated heterocycles. The summed E-state index contributed by atoms with van der Waals surface area (Å²) in [7, 11) is 0. The smallest absolute Gasteiger partial charge is 0.336 e. The van der Waals surface area contributed by atoms with Gasteiger partial charge < -0.3 is 10.2 Å². The van der Waals surface area contributed by atoms with Crippen LogP contribution in [0.2, 0.25) is 0 Å². The molecule has 0 aliphatic heterocycles. The Morgan fingerprint density at radius 1 is 1.43 bits per heavy atom. The van der Waals surface area contributed by atoms with Gasteiger partial charge in [0.1, 0.15) is 0 Å². The lowest BCUT2D eigenvalue weighted by Gasteiger charge is -1.99. The van der Waals surface area contributed by atoms with Crippen LogP contribution in [0, 0.1) is 0 Å². The fourth-order valence-electron chi connectivity index (χ4n) is 1.26. The van der Waals surface area contributed by atoms with Crippen molar-refractivity contribution in [2.45, 2.75) is 4.90 Å². The second-order valence-corrected chi connectivity index (χ2v) is 4.27. The molecule has 0 amide bonds. The van der Waals surface area contributed by atoms with Crippen LogP contribution >= 0.6 is 24.0 Å². The summed E-state index contributed by atoms with van der Waals surface area (Å²) in [4.78, 5) is 11.2. The van der Waals surface area contributed by atoms with E-state index in [1.807, 2.05) is 0 Å². The Hall–Kier alpha value is -1.20. The number of thiol groups is 1. The van der Waals surface area contributed by atoms with Gasteiger partial charge in [-0.2, -0.15) is 0 Å². The third kappa shape index (κ3) is 1.34. The van der Waals surface area contributed by atoms with Gasteiger partial charge in [-0.05, 0) is 12.1 Å². The van der Waals surface area contributed by atoms with Crippen molar-refractivity contribution in [1.29, 1.82) is 0 Å². The molecule has 3 nitrogen and oxygen atoms in total. The average Bonchev–Trinajstić information content (AvgIpc) is 2.46. The van der Waals surface area contributed by atoms with Gasteiger partial charge in [-0.25, -0.2) is 4.79 Å². The summed E-state index contributed by atoms with van der Waals surface area (Å²) in [5, 5.41) is 18.9. The Labute approximate surface area is 89.0 Å². The number of thiophene rings is 1. The van der Waals surface area contributed by atoms with Gasteiger partial charge in [0, 0.05) is 21.0 Å². The van der Waals surface area contributed by atoms with Crippen molar-refractivity contribution < 1.29 is 15.0 Å². The number of aromatic hydroxyl groups is 1. The molecular formula is C9H6O3S2. The van der Waals surface area contributed by atoms with E-state index >= 15 is 0 Å². The van der Waals surface area contributed by atoms with Gasteiger partial charge >= 0.3 is 5.97 Å². The fourth-order valence-corrected chi connectivity index (χ4v) is 2.50. The minimum atomic E-state index is -1.01. The fraction of sp³-hybridized carbons (Fsp3) is 0. The van der Waals surface area contributed by atoms with E-state index in [4.69, 9.17) is 5.11 Å². The van der Waals surface area contributed by atoms with E-state index in [2.05, 4.69) is 12.6 Å². The summed E-state index contributed by atoms with van der Waals surface area (Å²) >= 11 is 5.33. The van der Waals surface area contributed by atoms with E-state index in [1.165, 1.54) is 23.5 Å². The predicted octanol–water partition coefficient (Wildman–Crippen LogP) is 2.59. The Kier molecular flexibility index (Phi) is 2.13. The molecule has 0 bridgehead atoms. The summed E-state index contributed by atoms with van der Waals surface area (Å²) < 4.78 is 0.831. The maximum atomic E-state index is 10.8. The van der Waals surface area contributed by atoms with Gasteiger partial charge in [-0.1, -0.05) is 11.3 Å².